The van der Waals surface area contributed by atoms with Crippen LogP contribution in [-0.2, 0) is 17.8 Å². The predicted octanol–water partition coefficient (Wildman–Crippen LogP) is 0.852. The lowest BCUT2D eigenvalue weighted by molar-refractivity contribution is -0.138. The Kier molecular flexibility index (Phi) is 3.71. The van der Waals surface area contributed by atoms with Crippen molar-refractivity contribution in [3.05, 3.63) is 24.0 Å². The number of hydrogen-bond acceptors (Lipinski definition) is 2. The van der Waals surface area contributed by atoms with Crippen LogP contribution in [0.5, 0.6) is 0 Å². The summed E-state index contributed by atoms with van der Waals surface area (Å²) < 4.78 is 2.04. The summed E-state index contributed by atoms with van der Waals surface area (Å²) in [6.07, 6.45) is 3.37. The highest BCUT2D eigenvalue weighted by Gasteiger charge is 2.13. The highest BCUT2D eigenvalue weighted by Crippen LogP contribution is 2.06. The molecule has 0 aliphatic heterocycles. The van der Waals surface area contributed by atoms with Crippen LogP contribution in [0, 0.1) is 0 Å². The Morgan fingerprint density at radius 1 is 1.71 bits per heavy atom. The van der Waals surface area contributed by atoms with Crippen molar-refractivity contribution < 1.29 is 9.90 Å². The van der Waals surface area contributed by atoms with Gasteiger partial charge in [0.15, 0.2) is 0 Å². The van der Waals surface area contributed by atoms with Gasteiger partial charge in [0, 0.05) is 24.9 Å². The lowest BCUT2D eigenvalue weighted by atomic mass is 10.2. The van der Waals surface area contributed by atoms with Crippen LogP contribution in [0.1, 0.15) is 19.0 Å². The Morgan fingerprint density at radius 3 is 3.00 bits per heavy atom. The van der Waals surface area contributed by atoms with Gasteiger partial charge in [0.05, 0.1) is 0 Å². The molecule has 1 atom stereocenters. The van der Waals surface area contributed by atoms with Crippen molar-refractivity contribution in [2.75, 3.05) is 0 Å². The fourth-order valence-electron chi connectivity index (χ4n) is 1.41. The highest BCUT2D eigenvalue weighted by molar-refractivity contribution is 5.73. The van der Waals surface area contributed by atoms with E-state index in [1.54, 1.807) is 0 Å². The first-order valence-corrected chi connectivity index (χ1v) is 4.77. The summed E-state index contributed by atoms with van der Waals surface area (Å²) in [5, 5.41) is 8.67. The molecule has 3 N–H and O–H groups in total. The van der Waals surface area contributed by atoms with Crippen molar-refractivity contribution in [3.63, 3.8) is 0 Å². The number of carboxylic acids is 1. The summed E-state index contributed by atoms with van der Waals surface area (Å²) in [5.74, 6) is -0.950. The first kappa shape index (κ1) is 10.8. The third-order valence-corrected chi connectivity index (χ3v) is 2.13. The maximum atomic E-state index is 10.6. The summed E-state index contributed by atoms with van der Waals surface area (Å²) in [7, 11) is 0. The number of carboxylic acid groups (broad SMARTS) is 1. The third kappa shape index (κ3) is 2.60. The summed E-state index contributed by atoms with van der Waals surface area (Å²) in [5.41, 5.74) is 6.45. The molecule has 0 aliphatic carbocycles. The van der Waals surface area contributed by atoms with E-state index in [0.717, 1.165) is 18.7 Å². The van der Waals surface area contributed by atoms with Gasteiger partial charge in [0.25, 0.3) is 0 Å². The van der Waals surface area contributed by atoms with Gasteiger partial charge in [0.2, 0.25) is 0 Å². The van der Waals surface area contributed by atoms with Crippen molar-refractivity contribution in [1.82, 2.24) is 4.57 Å². The summed E-state index contributed by atoms with van der Waals surface area (Å²) >= 11 is 0. The third-order valence-electron chi connectivity index (χ3n) is 2.13. The number of aryl methyl sites for hydroxylation is 1. The van der Waals surface area contributed by atoms with E-state index in [1.165, 1.54) is 0 Å². The number of aromatic nitrogens is 1. The molecule has 0 aliphatic rings. The summed E-state index contributed by atoms with van der Waals surface area (Å²) in [4.78, 5) is 10.6. The normalized spacial score (nSPS) is 12.7. The maximum Gasteiger partial charge on any atom is 0.320 e. The standard InChI is InChI=1S/C10H16N2O2/c1-2-5-12-6-3-4-8(12)7-9(11)10(13)14/h3-4,6,9H,2,5,7,11H2,1H3,(H,13,14). The minimum absolute atomic E-state index is 0.391. The molecule has 4 nitrogen and oxygen atoms in total. The second kappa shape index (κ2) is 4.81. The zero-order valence-corrected chi connectivity index (χ0v) is 8.31. The first-order chi connectivity index (χ1) is 6.65. The molecule has 1 heterocycles. The Labute approximate surface area is 83.3 Å². The first-order valence-electron chi connectivity index (χ1n) is 4.77. The van der Waals surface area contributed by atoms with Crippen molar-refractivity contribution in [2.45, 2.75) is 32.4 Å². The Bertz CT molecular complexity index is 307. The number of rotatable bonds is 5. The molecular formula is C10H16N2O2. The van der Waals surface area contributed by atoms with Crippen molar-refractivity contribution in [3.8, 4) is 0 Å². The Hall–Kier alpha value is -1.29. The zero-order chi connectivity index (χ0) is 10.6. The lowest BCUT2D eigenvalue weighted by Crippen LogP contribution is -2.33. The topological polar surface area (TPSA) is 68.2 Å². The monoisotopic (exact) mass is 196 g/mol. The molecule has 1 unspecified atom stereocenters. The van der Waals surface area contributed by atoms with E-state index in [0.29, 0.717) is 6.42 Å². The van der Waals surface area contributed by atoms with Gasteiger partial charge in [-0.1, -0.05) is 6.92 Å². The molecule has 0 amide bonds. The van der Waals surface area contributed by atoms with Crippen LogP contribution in [0.4, 0.5) is 0 Å². The van der Waals surface area contributed by atoms with E-state index >= 15 is 0 Å². The molecule has 1 aromatic rings. The Morgan fingerprint density at radius 2 is 2.43 bits per heavy atom. The van der Waals surface area contributed by atoms with Crippen LogP contribution >= 0.6 is 0 Å². The van der Waals surface area contributed by atoms with E-state index in [2.05, 4.69) is 6.92 Å². The molecule has 0 radical (unpaired) electrons. The van der Waals surface area contributed by atoms with Gasteiger partial charge in [-0.05, 0) is 18.6 Å². The number of hydrogen-bond donors (Lipinski definition) is 2. The number of nitrogens with two attached hydrogens (primary N) is 1. The largest absolute Gasteiger partial charge is 0.480 e. The van der Waals surface area contributed by atoms with E-state index in [-0.39, 0.29) is 0 Å². The SMILES string of the molecule is CCCn1cccc1CC(N)C(=O)O. The van der Waals surface area contributed by atoms with Crippen molar-refractivity contribution in [1.29, 1.82) is 0 Å². The minimum atomic E-state index is -0.950. The molecule has 0 saturated carbocycles. The van der Waals surface area contributed by atoms with Gasteiger partial charge in [-0.2, -0.15) is 0 Å². The average Bonchev–Trinajstić information content (AvgIpc) is 2.53. The molecule has 0 aromatic carbocycles. The van der Waals surface area contributed by atoms with Crippen LogP contribution in [0.2, 0.25) is 0 Å². The molecule has 1 rings (SSSR count). The molecule has 0 bridgehead atoms. The van der Waals surface area contributed by atoms with E-state index < -0.39 is 12.0 Å². The lowest BCUT2D eigenvalue weighted by Gasteiger charge is -2.10. The van der Waals surface area contributed by atoms with Crippen LogP contribution in [0.3, 0.4) is 0 Å². The molecule has 0 spiro atoms. The zero-order valence-electron chi connectivity index (χ0n) is 8.31. The van der Waals surface area contributed by atoms with Gasteiger partial charge < -0.3 is 15.4 Å². The minimum Gasteiger partial charge on any atom is -0.480 e. The van der Waals surface area contributed by atoms with Gasteiger partial charge >= 0.3 is 5.97 Å². The molecule has 0 fully saturated rings. The molecule has 14 heavy (non-hydrogen) atoms. The van der Waals surface area contributed by atoms with E-state index in [9.17, 15) is 4.79 Å². The van der Waals surface area contributed by atoms with Gasteiger partial charge in [-0.25, -0.2) is 0 Å². The summed E-state index contributed by atoms with van der Waals surface area (Å²) in [6, 6.07) is 3.03. The average molecular weight is 196 g/mol. The Balaban J connectivity index is 2.66. The fraction of sp³-hybridized carbons (Fsp3) is 0.500. The molecule has 0 saturated heterocycles. The smallest absolute Gasteiger partial charge is 0.320 e. The van der Waals surface area contributed by atoms with Gasteiger partial charge in [-0.3, -0.25) is 4.79 Å². The highest BCUT2D eigenvalue weighted by atomic mass is 16.4. The van der Waals surface area contributed by atoms with Gasteiger partial charge in [0.1, 0.15) is 6.04 Å². The second-order valence-corrected chi connectivity index (χ2v) is 3.34. The molecular weight excluding hydrogens is 180 g/mol. The van der Waals surface area contributed by atoms with Crippen molar-refractivity contribution in [2.24, 2.45) is 5.73 Å². The predicted molar refractivity (Wildman–Crippen MR) is 54.0 cm³/mol. The number of aliphatic carboxylic acids is 1. The van der Waals surface area contributed by atoms with Crippen LogP contribution in [-0.4, -0.2) is 21.7 Å². The van der Waals surface area contributed by atoms with E-state index in [4.69, 9.17) is 10.8 Å². The van der Waals surface area contributed by atoms with Gasteiger partial charge in [-0.15, -0.1) is 0 Å². The van der Waals surface area contributed by atoms with Crippen LogP contribution in [0.25, 0.3) is 0 Å². The van der Waals surface area contributed by atoms with Crippen LogP contribution in [0.15, 0.2) is 18.3 Å². The van der Waals surface area contributed by atoms with E-state index in [1.807, 2.05) is 22.9 Å². The summed E-state index contributed by atoms with van der Waals surface area (Å²) in [6.45, 7) is 3.00. The number of carbonyl (C=O) groups is 1. The quantitative estimate of drug-likeness (QED) is 0.733. The molecule has 78 valence electrons. The van der Waals surface area contributed by atoms with Crippen molar-refractivity contribution >= 4 is 5.97 Å². The second-order valence-electron chi connectivity index (χ2n) is 3.34. The van der Waals surface area contributed by atoms with Crippen LogP contribution < -0.4 is 5.73 Å². The molecule has 1 aromatic heterocycles. The number of nitrogens with zero attached hydrogens (tertiary/aromatic N) is 1. The molecule has 4 heteroatoms. The fourth-order valence-corrected chi connectivity index (χ4v) is 1.41. The maximum absolute atomic E-state index is 10.6.